The fourth-order valence-corrected chi connectivity index (χ4v) is 1.55. The van der Waals surface area contributed by atoms with Crippen molar-refractivity contribution in [2.24, 2.45) is 5.73 Å². The fraction of sp³-hybridized carbons (Fsp3) is 0.222. The molecule has 0 aliphatic carbocycles. The molecule has 0 spiro atoms. The quantitative estimate of drug-likeness (QED) is 0.791. The minimum absolute atomic E-state index is 0.157. The summed E-state index contributed by atoms with van der Waals surface area (Å²) >= 11 is 5.86. The van der Waals surface area contributed by atoms with E-state index in [0.717, 1.165) is 0 Å². The Bertz CT molecular complexity index is 455. The highest BCUT2D eigenvalue weighted by Gasteiger charge is 2.13. The third-order valence-electron chi connectivity index (χ3n) is 2.02. The molecule has 4 nitrogen and oxygen atoms in total. The molecule has 14 heavy (non-hydrogen) atoms. The van der Waals surface area contributed by atoms with Gasteiger partial charge in [0.25, 0.3) is 0 Å². The number of rotatable bonds is 2. The van der Waals surface area contributed by atoms with Crippen LogP contribution in [0.2, 0.25) is 5.02 Å². The zero-order valence-corrected chi connectivity index (χ0v) is 8.03. The van der Waals surface area contributed by atoms with Gasteiger partial charge in [-0.25, -0.2) is 4.98 Å². The average molecular weight is 213 g/mol. The topological polar surface area (TPSA) is 72.3 Å². The molecule has 0 aliphatic heterocycles. The molecule has 2 aromatic rings. The number of fused-ring (bicyclic) bond motifs is 1. The lowest BCUT2D eigenvalue weighted by Gasteiger charge is -2.08. The van der Waals surface area contributed by atoms with Crippen molar-refractivity contribution in [1.29, 1.82) is 0 Å². The van der Waals surface area contributed by atoms with Gasteiger partial charge < -0.3 is 15.3 Å². The van der Waals surface area contributed by atoms with E-state index in [1.807, 2.05) is 0 Å². The van der Waals surface area contributed by atoms with E-state index in [-0.39, 0.29) is 6.61 Å². The second kappa shape index (κ2) is 3.57. The molecule has 0 saturated carbocycles. The molecule has 0 fully saturated rings. The summed E-state index contributed by atoms with van der Waals surface area (Å²) in [5.74, 6) is 0. The van der Waals surface area contributed by atoms with Gasteiger partial charge in [0.1, 0.15) is 5.52 Å². The maximum Gasteiger partial charge on any atom is 0.181 e. The van der Waals surface area contributed by atoms with Crippen LogP contribution in [0, 0.1) is 0 Å². The molecular formula is C9H9ClN2O2. The van der Waals surface area contributed by atoms with Crippen molar-refractivity contribution in [3.8, 4) is 0 Å². The smallest absolute Gasteiger partial charge is 0.181 e. The molecule has 0 radical (unpaired) electrons. The number of aromatic nitrogens is 1. The molecule has 0 amide bonds. The van der Waals surface area contributed by atoms with E-state index < -0.39 is 6.04 Å². The molecule has 2 rings (SSSR count). The van der Waals surface area contributed by atoms with E-state index >= 15 is 0 Å². The van der Waals surface area contributed by atoms with Crippen molar-refractivity contribution < 1.29 is 9.52 Å². The SMILES string of the molecule is NC(CO)c1cc(Cl)cc2ncoc12. The number of halogens is 1. The van der Waals surface area contributed by atoms with E-state index in [9.17, 15) is 0 Å². The maximum absolute atomic E-state index is 8.95. The van der Waals surface area contributed by atoms with Gasteiger partial charge in [0.15, 0.2) is 12.0 Å². The Labute approximate surface area is 85.3 Å². The number of nitrogens with two attached hydrogens (primary N) is 1. The molecule has 1 aromatic heterocycles. The minimum atomic E-state index is -0.496. The summed E-state index contributed by atoms with van der Waals surface area (Å²) in [6.45, 7) is -0.157. The van der Waals surface area contributed by atoms with Crippen LogP contribution in [0.5, 0.6) is 0 Å². The molecule has 0 bridgehead atoms. The first-order chi connectivity index (χ1) is 6.72. The second-order valence-corrected chi connectivity index (χ2v) is 3.42. The predicted octanol–water partition coefficient (Wildman–Crippen LogP) is 1.47. The van der Waals surface area contributed by atoms with E-state index in [4.69, 9.17) is 26.9 Å². The van der Waals surface area contributed by atoms with Gasteiger partial charge in [-0.2, -0.15) is 0 Å². The van der Waals surface area contributed by atoms with Crippen molar-refractivity contribution in [2.75, 3.05) is 6.61 Å². The molecule has 0 aliphatic rings. The molecule has 1 aromatic carbocycles. The van der Waals surface area contributed by atoms with Crippen molar-refractivity contribution in [3.05, 3.63) is 29.1 Å². The number of oxazole rings is 1. The summed E-state index contributed by atoms with van der Waals surface area (Å²) in [7, 11) is 0. The number of benzene rings is 1. The Morgan fingerprint density at radius 2 is 2.36 bits per heavy atom. The highest BCUT2D eigenvalue weighted by atomic mass is 35.5. The van der Waals surface area contributed by atoms with Crippen molar-refractivity contribution in [3.63, 3.8) is 0 Å². The van der Waals surface area contributed by atoms with Gasteiger partial charge >= 0.3 is 0 Å². The number of hydrogen-bond acceptors (Lipinski definition) is 4. The van der Waals surface area contributed by atoms with Crippen LogP contribution in [0.25, 0.3) is 11.1 Å². The molecular weight excluding hydrogens is 204 g/mol. The molecule has 74 valence electrons. The first-order valence-corrected chi connectivity index (χ1v) is 4.49. The Morgan fingerprint density at radius 1 is 1.57 bits per heavy atom. The van der Waals surface area contributed by atoms with Crippen molar-refractivity contribution in [1.82, 2.24) is 4.98 Å². The first-order valence-electron chi connectivity index (χ1n) is 4.11. The van der Waals surface area contributed by atoms with E-state index in [0.29, 0.717) is 21.7 Å². The molecule has 1 heterocycles. The van der Waals surface area contributed by atoms with Crippen LogP contribution >= 0.6 is 11.6 Å². The molecule has 3 N–H and O–H groups in total. The third kappa shape index (κ3) is 1.48. The lowest BCUT2D eigenvalue weighted by atomic mass is 10.1. The summed E-state index contributed by atoms with van der Waals surface area (Å²) in [6.07, 6.45) is 1.33. The van der Waals surface area contributed by atoms with Crippen molar-refractivity contribution in [2.45, 2.75) is 6.04 Å². The van der Waals surface area contributed by atoms with Gasteiger partial charge in [0.2, 0.25) is 0 Å². The summed E-state index contributed by atoms with van der Waals surface area (Å²) in [5, 5.41) is 9.48. The van der Waals surface area contributed by atoms with Gasteiger partial charge in [-0.15, -0.1) is 0 Å². The second-order valence-electron chi connectivity index (χ2n) is 2.98. The third-order valence-corrected chi connectivity index (χ3v) is 2.24. The normalized spacial score (nSPS) is 13.4. The molecule has 1 unspecified atom stereocenters. The first kappa shape index (κ1) is 9.45. The highest BCUT2D eigenvalue weighted by molar-refractivity contribution is 6.31. The summed E-state index contributed by atoms with van der Waals surface area (Å²) in [4.78, 5) is 3.97. The Hall–Kier alpha value is -1.10. The largest absolute Gasteiger partial charge is 0.443 e. The van der Waals surface area contributed by atoms with E-state index in [1.165, 1.54) is 6.39 Å². The van der Waals surface area contributed by atoms with Crippen LogP contribution in [0.15, 0.2) is 22.9 Å². The number of aliphatic hydroxyl groups excluding tert-OH is 1. The standard InChI is InChI=1S/C9H9ClN2O2/c10-5-1-6(7(11)3-13)9-8(2-5)12-4-14-9/h1-2,4,7,13H,3,11H2. The summed E-state index contributed by atoms with van der Waals surface area (Å²) < 4.78 is 5.17. The highest BCUT2D eigenvalue weighted by Crippen LogP contribution is 2.26. The monoisotopic (exact) mass is 212 g/mol. The zero-order chi connectivity index (χ0) is 10.1. The van der Waals surface area contributed by atoms with E-state index in [1.54, 1.807) is 12.1 Å². The van der Waals surface area contributed by atoms with Gasteiger partial charge in [-0.1, -0.05) is 11.6 Å². The molecule has 0 saturated heterocycles. The van der Waals surface area contributed by atoms with Crippen LogP contribution in [-0.2, 0) is 0 Å². The maximum atomic E-state index is 8.95. The fourth-order valence-electron chi connectivity index (χ4n) is 1.33. The number of hydrogen-bond donors (Lipinski definition) is 2. The number of nitrogens with zero attached hydrogens (tertiary/aromatic N) is 1. The van der Waals surface area contributed by atoms with Crippen LogP contribution in [-0.4, -0.2) is 16.7 Å². The van der Waals surface area contributed by atoms with Crippen molar-refractivity contribution >= 4 is 22.7 Å². The van der Waals surface area contributed by atoms with Gasteiger partial charge in [0.05, 0.1) is 12.6 Å². The molecule has 1 atom stereocenters. The zero-order valence-electron chi connectivity index (χ0n) is 7.27. The predicted molar refractivity (Wildman–Crippen MR) is 53.0 cm³/mol. The lowest BCUT2D eigenvalue weighted by molar-refractivity contribution is 0.268. The number of aliphatic hydroxyl groups is 1. The van der Waals surface area contributed by atoms with E-state index in [2.05, 4.69) is 4.98 Å². The Kier molecular flexibility index (Phi) is 2.41. The minimum Gasteiger partial charge on any atom is -0.443 e. The summed E-state index contributed by atoms with van der Waals surface area (Å²) in [6, 6.07) is 2.87. The van der Waals surface area contributed by atoms with Crippen LogP contribution in [0.3, 0.4) is 0 Å². The average Bonchev–Trinajstić information content (AvgIpc) is 2.62. The lowest BCUT2D eigenvalue weighted by Crippen LogP contribution is -2.14. The Balaban J connectivity index is 2.66. The van der Waals surface area contributed by atoms with Gasteiger partial charge in [0, 0.05) is 10.6 Å². The van der Waals surface area contributed by atoms with Crippen LogP contribution in [0.4, 0.5) is 0 Å². The van der Waals surface area contributed by atoms with Crippen LogP contribution < -0.4 is 5.73 Å². The van der Waals surface area contributed by atoms with Gasteiger partial charge in [-0.05, 0) is 12.1 Å². The molecule has 5 heteroatoms. The van der Waals surface area contributed by atoms with Gasteiger partial charge in [-0.3, -0.25) is 0 Å². The van der Waals surface area contributed by atoms with Crippen LogP contribution in [0.1, 0.15) is 11.6 Å². The Morgan fingerprint density at radius 3 is 3.07 bits per heavy atom. The summed E-state index contributed by atoms with van der Waals surface area (Å²) in [5.41, 5.74) is 7.59.